The summed E-state index contributed by atoms with van der Waals surface area (Å²) in [6.07, 6.45) is 20.6. The van der Waals surface area contributed by atoms with Gasteiger partial charge in [0.2, 0.25) is 23.8 Å². The van der Waals surface area contributed by atoms with E-state index >= 15 is 0 Å². The number of hydrogen-bond donors (Lipinski definition) is 9. The molecule has 5 aliphatic rings. The molecule has 37 nitrogen and oxygen atoms in total. The van der Waals surface area contributed by atoms with Gasteiger partial charge in [-0.25, -0.2) is 34.4 Å². The highest BCUT2D eigenvalue weighted by Gasteiger charge is 2.46. The Hall–Kier alpha value is -14.9. The van der Waals surface area contributed by atoms with Crippen molar-refractivity contribution in [1.82, 2.24) is 87.9 Å². The van der Waals surface area contributed by atoms with Gasteiger partial charge in [-0.3, -0.25) is 14.6 Å². The summed E-state index contributed by atoms with van der Waals surface area (Å²) in [5, 5.41) is 97.2. The predicted molar refractivity (Wildman–Crippen MR) is 509 cm³/mol. The molecule has 15 heterocycles. The van der Waals surface area contributed by atoms with Crippen molar-refractivity contribution in [2.75, 3.05) is 101 Å². The highest BCUT2D eigenvalue weighted by atomic mass is 16.4. The number of carboxylic acid groups (broad SMARTS) is 2. The molecule has 20 rings (SSSR count). The molecular formula is C98H110N24O13. The van der Waals surface area contributed by atoms with Crippen molar-refractivity contribution >= 4 is 114 Å². The number of ketones is 2. The van der Waals surface area contributed by atoms with Crippen molar-refractivity contribution in [3.63, 3.8) is 0 Å². The summed E-state index contributed by atoms with van der Waals surface area (Å²) < 4.78 is 9.50. The van der Waals surface area contributed by atoms with Crippen LogP contribution in [0.2, 0.25) is 0 Å². The minimum absolute atomic E-state index is 0.0362. The number of unbranched alkanes of at least 4 members (excludes halogenated alkanes) is 2. The number of para-hydroxylation sites is 1. The second kappa shape index (κ2) is 39.1. The molecule has 9 N–H and O–H groups in total. The Kier molecular flexibility index (Phi) is 26.7. The number of imidazole rings is 3. The first-order valence-corrected chi connectivity index (χ1v) is 45.7. The van der Waals surface area contributed by atoms with Gasteiger partial charge in [0.15, 0.2) is 33.9 Å². The number of Topliss-reactive ketones (excluding diaryl/α,β-unsaturated/α-hetero) is 2. The zero-order chi connectivity index (χ0) is 94.5. The van der Waals surface area contributed by atoms with E-state index < -0.39 is 34.3 Å². The largest absolute Gasteiger partial charge is 0.508 e. The van der Waals surface area contributed by atoms with E-state index in [4.69, 9.17) is 30.0 Å². The highest BCUT2D eigenvalue weighted by Crippen LogP contribution is 2.43. The van der Waals surface area contributed by atoms with Crippen molar-refractivity contribution in [1.29, 1.82) is 0 Å². The number of piperidine rings is 3. The van der Waals surface area contributed by atoms with Crippen molar-refractivity contribution < 1.29 is 65.1 Å². The molecule has 5 aliphatic heterocycles. The zero-order valence-electron chi connectivity index (χ0n) is 76.0. The van der Waals surface area contributed by atoms with Crippen molar-refractivity contribution in [2.45, 2.75) is 166 Å². The van der Waals surface area contributed by atoms with E-state index in [9.17, 15) is 60.0 Å². The normalized spacial score (nSPS) is 17.0. The van der Waals surface area contributed by atoms with Gasteiger partial charge in [-0.15, -0.1) is 0 Å². The van der Waals surface area contributed by atoms with Crippen molar-refractivity contribution in [3.05, 3.63) is 211 Å². The van der Waals surface area contributed by atoms with Crippen molar-refractivity contribution in [2.24, 2.45) is 0 Å². The topological polar surface area (TPSA) is 462 Å². The average Bonchev–Trinajstić information content (AvgIpc) is 1.62. The van der Waals surface area contributed by atoms with Gasteiger partial charge >= 0.3 is 11.9 Å². The lowest BCUT2D eigenvalue weighted by atomic mass is 9.84. The van der Waals surface area contributed by atoms with Gasteiger partial charge in [0, 0.05) is 128 Å². The fraction of sp³-hybridized carbons (Fsp3) is 0.378. The number of phenolic OH excluding ortho intramolecular Hbond substituents is 4. The minimum atomic E-state index is -1.02. The number of pyridine rings is 1. The van der Waals surface area contributed by atoms with Crippen LogP contribution in [0.3, 0.4) is 0 Å². The fourth-order valence-electron chi connectivity index (χ4n) is 18.5. The summed E-state index contributed by atoms with van der Waals surface area (Å²) in [6.45, 7) is 17.5. The number of benzene rings is 5. The number of aliphatic hydroxyl groups is 3. The first kappa shape index (κ1) is 92.0. The van der Waals surface area contributed by atoms with E-state index in [0.717, 1.165) is 125 Å². The third-order valence-electron chi connectivity index (χ3n) is 26.4. The number of aliphatic carboxylic acids is 2. The molecule has 1 unspecified atom stereocenters. The molecule has 5 fully saturated rings. The molecule has 5 aromatic carbocycles. The second-order valence-corrected chi connectivity index (χ2v) is 35.7. The maximum atomic E-state index is 12.3. The second-order valence-electron chi connectivity index (χ2n) is 35.7. The summed E-state index contributed by atoms with van der Waals surface area (Å²) in [5.74, 6) is 3.01. The first-order chi connectivity index (χ1) is 65.1. The van der Waals surface area contributed by atoms with Crippen LogP contribution in [0.15, 0.2) is 183 Å². The maximum Gasteiger partial charge on any atom is 0.329 e. The molecule has 0 aliphatic carbocycles. The van der Waals surface area contributed by atoms with Crippen LogP contribution in [0.1, 0.15) is 139 Å². The molecule has 37 heteroatoms. The quantitative estimate of drug-likeness (QED) is 0.0254. The van der Waals surface area contributed by atoms with Crippen LogP contribution < -0.4 is 29.4 Å². The van der Waals surface area contributed by atoms with Gasteiger partial charge in [0.25, 0.3) is 0 Å². The number of piperazine rings is 1. The third-order valence-corrected chi connectivity index (χ3v) is 26.4. The number of phenols is 4. The Balaban J connectivity index is 0.000000126. The molecule has 135 heavy (non-hydrogen) atoms. The Morgan fingerprint density at radius 1 is 0.415 bits per heavy atom. The summed E-state index contributed by atoms with van der Waals surface area (Å²) in [5.41, 5.74) is 8.01. The summed E-state index contributed by atoms with van der Waals surface area (Å²) in [4.78, 5) is 115. The Morgan fingerprint density at radius 3 is 1.33 bits per heavy atom. The fourth-order valence-corrected chi connectivity index (χ4v) is 18.5. The first-order valence-electron chi connectivity index (χ1n) is 45.7. The van der Waals surface area contributed by atoms with Gasteiger partial charge in [-0.2, -0.15) is 35.0 Å². The Bertz CT molecular complexity index is 6760. The Morgan fingerprint density at radius 2 is 0.844 bits per heavy atom. The number of nitrogens with zero attached hydrogens (tertiary/aromatic N) is 24. The van der Waals surface area contributed by atoms with Crippen LogP contribution in [-0.2, 0) is 55.6 Å². The third kappa shape index (κ3) is 20.0. The maximum absolute atomic E-state index is 12.3. The minimum Gasteiger partial charge on any atom is -0.508 e. The molecule has 0 spiro atoms. The van der Waals surface area contributed by atoms with E-state index in [1.807, 2.05) is 98.1 Å². The SMILES string of the molecule is CC(=O)CCCCn1cnc2c(C)nc(N3CCC(O)(c4ccc(O)cc4)CC3)nc21.CC(=O)Cn1cnc2c(C)nc(N3CCC(O)(c4ccc(O)cc4)CC3)nc21.CC1(C(=O)O)CCCN1c1nc(N2CCN(c3ccc(O)cc3)CC2)nc2c1ccn2-c1ccncc1.O=C(O)CCCCn1cnc2c(-n3ncc4ccccc43)nc(N3CCC(O)(c4ccc(O)cc4)CC3)nc21. The number of fused-ring (bicyclic) bond motifs is 5. The molecule has 15 aromatic rings. The number of hydrogen-bond acceptors (Lipinski definition) is 30. The van der Waals surface area contributed by atoms with Crippen LogP contribution in [0.4, 0.5) is 35.3 Å². The van der Waals surface area contributed by atoms with E-state index in [1.165, 1.54) is 6.92 Å². The molecular weight excluding hydrogens is 1720 g/mol. The average molecular weight is 1830 g/mol. The van der Waals surface area contributed by atoms with Gasteiger partial charge in [-0.1, -0.05) is 54.6 Å². The number of aromatic hydroxyl groups is 4. The molecule has 10 aromatic heterocycles. The molecule has 1 atom stereocenters. The van der Waals surface area contributed by atoms with E-state index in [1.54, 1.807) is 146 Å². The lowest BCUT2D eigenvalue weighted by molar-refractivity contribution is -0.142. The number of carboxylic acids is 2. The van der Waals surface area contributed by atoms with Gasteiger partial charge in [0.05, 0.1) is 76.5 Å². The molecule has 0 saturated carbocycles. The van der Waals surface area contributed by atoms with Gasteiger partial charge in [0.1, 0.15) is 57.0 Å². The van der Waals surface area contributed by atoms with Crippen LogP contribution in [0.5, 0.6) is 23.0 Å². The van der Waals surface area contributed by atoms with Crippen LogP contribution >= 0.6 is 0 Å². The van der Waals surface area contributed by atoms with Gasteiger partial charge in [-0.05, 0) is 213 Å². The number of rotatable bonds is 24. The molecule has 0 bridgehead atoms. The standard InChI is InChI=1S/C28H29N7O4.C27H29N7O3.C23H29N5O3.C20H23N5O3/c36-21-10-8-20(9-11-21)28(39)12-15-33(16-13-28)27-31-25-24(29-18-34(25)14-4-3-7-23(37)38)26(32-27)35-22-6-2-1-5-19(22)17-30-35;1-27(25(36)37)10-2-13-34(27)24-22-9-14-33(20-7-11-28-12-8-20)23(22)29-26(30-24)32-17-15-31(16-18-32)19-3-5-21(35)6-4-19;1-16(29)5-3-4-12-28-15-24-20-17(2)25-22(26-21(20)28)27-13-10-23(31,11-14-27)18-6-8-19(30)9-7-18;1-13(26)11-25-12-21-17-14(2)22-19(23-18(17)25)24-9-7-20(28,8-10-24)15-3-5-16(27)6-4-15/h1-2,5-6,8-11,17-18,36,39H,3-4,7,12-16H2,(H,37,38);3-9,11-12,14,35H,2,10,13,15-18H2,1H3,(H,36,37);6-9,15,30-31H,3-5,10-14H2,1-2H3;3-6,12,27-28H,7-11H2,1-2H3. The number of carbonyl (C=O) groups excluding carboxylic acids is 2. The van der Waals surface area contributed by atoms with Crippen LogP contribution in [0, 0.1) is 13.8 Å². The smallest absolute Gasteiger partial charge is 0.329 e. The summed E-state index contributed by atoms with van der Waals surface area (Å²) >= 11 is 0. The van der Waals surface area contributed by atoms with E-state index in [0.29, 0.717) is 174 Å². The lowest BCUT2D eigenvalue weighted by Crippen LogP contribution is -2.49. The number of anilines is 6. The predicted octanol–water partition coefficient (Wildman–Crippen LogP) is 11.9. The van der Waals surface area contributed by atoms with E-state index in [2.05, 4.69) is 59.6 Å². The number of aryl methyl sites for hydroxylation is 4. The number of aromatic nitrogens is 18. The summed E-state index contributed by atoms with van der Waals surface area (Å²) in [6, 6.07) is 41.2. The molecule has 700 valence electrons. The molecule has 0 amide bonds. The van der Waals surface area contributed by atoms with Crippen LogP contribution in [-0.4, -0.2) is 235 Å². The van der Waals surface area contributed by atoms with Gasteiger partial charge < -0.3 is 98.4 Å². The molecule has 5 saturated heterocycles. The summed E-state index contributed by atoms with van der Waals surface area (Å²) in [7, 11) is 0. The number of carbonyl (C=O) groups is 4. The Labute approximate surface area is 777 Å². The van der Waals surface area contributed by atoms with E-state index in [-0.39, 0.29) is 47.5 Å². The highest BCUT2D eigenvalue weighted by molar-refractivity contribution is 5.95. The monoisotopic (exact) mass is 1830 g/mol. The van der Waals surface area contributed by atoms with Crippen molar-refractivity contribution in [3.8, 4) is 34.5 Å². The van der Waals surface area contributed by atoms with Crippen LogP contribution in [0.25, 0.3) is 66.9 Å². The zero-order valence-corrected chi connectivity index (χ0v) is 76.0. The molecule has 0 radical (unpaired) electrons. The lowest BCUT2D eigenvalue weighted by Gasteiger charge is -2.38.